The Balaban J connectivity index is 2.43. The predicted octanol–water partition coefficient (Wildman–Crippen LogP) is 6.45. The number of hydrogen-bond donors (Lipinski definition) is 1. The topological polar surface area (TPSA) is 12.0 Å². The first kappa shape index (κ1) is 16.4. The van der Waals surface area contributed by atoms with E-state index in [0.29, 0.717) is 18.7 Å². The van der Waals surface area contributed by atoms with Gasteiger partial charge in [-0.25, -0.2) is 0 Å². The Morgan fingerprint density at radius 2 is 1.70 bits per heavy atom. The number of nitrogens with one attached hydrogen (secondary N) is 1. The molecule has 108 valence electrons. The third-order valence-corrected chi connectivity index (χ3v) is 4.77. The summed E-state index contributed by atoms with van der Waals surface area (Å²) in [7, 11) is 0. The van der Waals surface area contributed by atoms with E-state index in [4.69, 9.17) is 46.4 Å². The van der Waals surface area contributed by atoms with Crippen LogP contribution in [0.2, 0.25) is 18.7 Å². The first-order valence-corrected chi connectivity index (χ1v) is 8.48. The van der Waals surface area contributed by atoms with Crippen LogP contribution in [0.25, 0.3) is 0 Å². The summed E-state index contributed by atoms with van der Waals surface area (Å²) in [5.74, 6) is 0. The van der Waals surface area contributed by atoms with Crippen LogP contribution in [0.1, 0.15) is 30.5 Å². The minimum Gasteiger partial charge on any atom is -0.306 e. The molecule has 1 heterocycles. The molecule has 0 aliphatic heterocycles. The normalized spacial score (nSPS) is 12.7. The molecule has 6 heteroatoms. The zero-order valence-electron chi connectivity index (χ0n) is 10.7. The minimum atomic E-state index is -0.0672. The van der Waals surface area contributed by atoms with Gasteiger partial charge in [0.15, 0.2) is 0 Å². The fourth-order valence-corrected chi connectivity index (χ4v) is 4.06. The smallest absolute Gasteiger partial charge is 0.0995 e. The summed E-state index contributed by atoms with van der Waals surface area (Å²) in [5, 5.41) is 4.67. The van der Waals surface area contributed by atoms with Crippen molar-refractivity contribution in [1.29, 1.82) is 0 Å². The molecule has 0 spiro atoms. The van der Waals surface area contributed by atoms with E-state index in [1.807, 2.05) is 18.2 Å². The molecule has 0 bridgehead atoms. The zero-order valence-corrected chi connectivity index (χ0v) is 14.6. The molecule has 2 aromatic rings. The van der Waals surface area contributed by atoms with Crippen molar-refractivity contribution in [2.75, 3.05) is 6.54 Å². The molecule has 1 atom stereocenters. The molecule has 0 radical (unpaired) electrons. The van der Waals surface area contributed by atoms with Gasteiger partial charge in [-0.1, -0.05) is 53.3 Å². The third-order valence-electron chi connectivity index (χ3n) is 2.81. The van der Waals surface area contributed by atoms with Gasteiger partial charge in [0, 0.05) is 15.6 Å². The van der Waals surface area contributed by atoms with Crippen LogP contribution in [0.3, 0.4) is 0 Å². The second kappa shape index (κ2) is 7.35. The summed E-state index contributed by atoms with van der Waals surface area (Å²) in [4.78, 5) is 0. The van der Waals surface area contributed by atoms with Crippen LogP contribution in [0.5, 0.6) is 0 Å². The van der Waals surface area contributed by atoms with E-state index in [-0.39, 0.29) is 6.04 Å². The quantitative estimate of drug-likeness (QED) is 0.639. The highest BCUT2D eigenvalue weighted by atomic mass is 35.5. The fraction of sp³-hybridized carbons (Fsp3) is 0.286. The van der Waals surface area contributed by atoms with E-state index in [2.05, 4.69) is 12.2 Å². The average molecular weight is 369 g/mol. The van der Waals surface area contributed by atoms with Gasteiger partial charge in [-0.2, -0.15) is 0 Å². The largest absolute Gasteiger partial charge is 0.306 e. The fourth-order valence-electron chi connectivity index (χ4n) is 1.99. The van der Waals surface area contributed by atoms with Gasteiger partial charge in [0.25, 0.3) is 0 Å². The van der Waals surface area contributed by atoms with E-state index in [1.54, 1.807) is 6.07 Å². The highest BCUT2D eigenvalue weighted by Gasteiger charge is 2.19. The number of benzene rings is 1. The molecular weight excluding hydrogens is 356 g/mol. The van der Waals surface area contributed by atoms with Crippen molar-refractivity contribution < 1.29 is 0 Å². The highest BCUT2D eigenvalue weighted by Crippen LogP contribution is 2.38. The van der Waals surface area contributed by atoms with Crippen LogP contribution in [0.4, 0.5) is 0 Å². The van der Waals surface area contributed by atoms with Crippen LogP contribution in [0.15, 0.2) is 24.3 Å². The maximum absolute atomic E-state index is 6.28. The number of rotatable bonds is 5. The van der Waals surface area contributed by atoms with Gasteiger partial charge >= 0.3 is 0 Å². The van der Waals surface area contributed by atoms with Crippen molar-refractivity contribution in [2.24, 2.45) is 0 Å². The maximum Gasteiger partial charge on any atom is 0.0995 e. The molecule has 1 aromatic heterocycles. The van der Waals surface area contributed by atoms with E-state index < -0.39 is 0 Å². The Kier molecular flexibility index (Phi) is 6.03. The first-order valence-electron chi connectivity index (χ1n) is 6.15. The summed E-state index contributed by atoms with van der Waals surface area (Å²) in [6.07, 6.45) is 1.01. The molecule has 0 aliphatic rings. The van der Waals surface area contributed by atoms with Crippen LogP contribution < -0.4 is 5.32 Å². The van der Waals surface area contributed by atoms with Crippen LogP contribution in [-0.2, 0) is 0 Å². The summed E-state index contributed by atoms with van der Waals surface area (Å²) >= 11 is 25.9. The summed E-state index contributed by atoms with van der Waals surface area (Å²) in [5.41, 5.74) is 1.93. The molecule has 0 fully saturated rings. The molecule has 1 aromatic carbocycles. The summed E-state index contributed by atoms with van der Waals surface area (Å²) < 4.78 is 1.35. The van der Waals surface area contributed by atoms with E-state index in [1.165, 1.54) is 11.3 Å². The van der Waals surface area contributed by atoms with E-state index in [9.17, 15) is 0 Å². The second-order valence-electron chi connectivity index (χ2n) is 4.37. The molecule has 1 N–H and O–H groups in total. The standard InChI is InChI=1S/C14H13Cl4NS/c1-2-3-19-13(11-7-12(17)20-14(11)18)8-4-9(15)6-10(16)5-8/h4-7,13,19H,2-3H2,1H3. The van der Waals surface area contributed by atoms with E-state index >= 15 is 0 Å². The van der Waals surface area contributed by atoms with Gasteiger partial charge in [0.1, 0.15) is 0 Å². The molecule has 0 saturated carbocycles. The van der Waals surface area contributed by atoms with Crippen molar-refractivity contribution in [3.05, 3.63) is 54.1 Å². The number of thiophene rings is 1. The lowest BCUT2D eigenvalue weighted by molar-refractivity contribution is 0.600. The van der Waals surface area contributed by atoms with Crippen molar-refractivity contribution in [2.45, 2.75) is 19.4 Å². The monoisotopic (exact) mass is 367 g/mol. The molecule has 1 nitrogen and oxygen atoms in total. The van der Waals surface area contributed by atoms with Gasteiger partial charge in [-0.3, -0.25) is 0 Å². The average Bonchev–Trinajstić information content (AvgIpc) is 2.68. The Bertz CT molecular complexity index is 577. The molecular formula is C14H13Cl4NS. The van der Waals surface area contributed by atoms with Crippen molar-refractivity contribution >= 4 is 57.7 Å². The SMILES string of the molecule is CCCNC(c1cc(Cl)cc(Cl)c1)c1cc(Cl)sc1Cl. The lowest BCUT2D eigenvalue weighted by atomic mass is 10.0. The molecule has 1 unspecified atom stereocenters. The molecule has 0 saturated heterocycles. The first-order chi connectivity index (χ1) is 9.51. The van der Waals surface area contributed by atoms with Gasteiger partial charge in [0.05, 0.1) is 14.7 Å². The summed E-state index contributed by atoms with van der Waals surface area (Å²) in [6.45, 7) is 2.97. The van der Waals surface area contributed by atoms with Crippen LogP contribution >= 0.6 is 57.7 Å². The van der Waals surface area contributed by atoms with Crippen LogP contribution in [-0.4, -0.2) is 6.54 Å². The molecule has 2 rings (SSSR count). The third kappa shape index (κ3) is 4.03. The number of hydrogen-bond acceptors (Lipinski definition) is 2. The van der Waals surface area contributed by atoms with Crippen molar-refractivity contribution in [1.82, 2.24) is 5.32 Å². The Morgan fingerprint density at radius 1 is 1.05 bits per heavy atom. The highest BCUT2D eigenvalue weighted by molar-refractivity contribution is 7.20. The zero-order chi connectivity index (χ0) is 14.7. The van der Waals surface area contributed by atoms with Crippen molar-refractivity contribution in [3.63, 3.8) is 0 Å². The number of halogens is 4. The Labute approximate surface area is 142 Å². The van der Waals surface area contributed by atoms with Crippen LogP contribution in [0, 0.1) is 0 Å². The lowest BCUT2D eigenvalue weighted by Crippen LogP contribution is -2.23. The van der Waals surface area contributed by atoms with Crippen molar-refractivity contribution in [3.8, 4) is 0 Å². The van der Waals surface area contributed by atoms with Gasteiger partial charge in [-0.05, 0) is 42.8 Å². The summed E-state index contributed by atoms with van der Waals surface area (Å²) in [6, 6.07) is 7.32. The predicted molar refractivity (Wildman–Crippen MR) is 90.9 cm³/mol. The van der Waals surface area contributed by atoms with Gasteiger partial charge < -0.3 is 5.32 Å². The molecule has 0 aliphatic carbocycles. The maximum atomic E-state index is 6.28. The molecule has 0 amide bonds. The second-order valence-corrected chi connectivity index (χ2v) is 7.53. The Morgan fingerprint density at radius 3 is 2.20 bits per heavy atom. The van der Waals surface area contributed by atoms with E-state index in [0.717, 1.165) is 24.1 Å². The molecule has 20 heavy (non-hydrogen) atoms. The lowest BCUT2D eigenvalue weighted by Gasteiger charge is -2.19. The minimum absolute atomic E-state index is 0.0672. The Hall–Kier alpha value is 0.0400. The van der Waals surface area contributed by atoms with Gasteiger partial charge in [0.2, 0.25) is 0 Å². The van der Waals surface area contributed by atoms with Gasteiger partial charge in [-0.15, -0.1) is 11.3 Å².